The molecule has 1 aromatic carbocycles. The molecule has 0 bridgehead atoms. The van der Waals surface area contributed by atoms with Gasteiger partial charge in [0.15, 0.2) is 0 Å². The molecule has 4 N–H and O–H groups in total. The van der Waals surface area contributed by atoms with Gasteiger partial charge in [-0.3, -0.25) is 15.0 Å². The first-order valence-electron chi connectivity index (χ1n) is 5.53. The molecule has 0 aliphatic heterocycles. The molecular formula is C12H16ClN3O2. The van der Waals surface area contributed by atoms with Gasteiger partial charge in [0.2, 0.25) is 0 Å². The van der Waals surface area contributed by atoms with Crippen molar-refractivity contribution < 1.29 is 9.59 Å². The molecule has 0 aromatic heterocycles. The van der Waals surface area contributed by atoms with Crippen molar-refractivity contribution in [2.75, 3.05) is 0 Å². The molecule has 5 nitrogen and oxygen atoms in total. The second-order valence-corrected chi connectivity index (χ2v) is 4.59. The third-order valence-electron chi connectivity index (χ3n) is 2.50. The first-order chi connectivity index (χ1) is 8.47. The van der Waals surface area contributed by atoms with Crippen LogP contribution in [0.3, 0.4) is 0 Å². The third kappa shape index (κ3) is 3.45. The van der Waals surface area contributed by atoms with Gasteiger partial charge in [0.05, 0.1) is 10.6 Å². The first kappa shape index (κ1) is 14.5. The summed E-state index contributed by atoms with van der Waals surface area (Å²) in [6, 6.07) is 5.94. The number of hydrogen-bond acceptors (Lipinski definition) is 3. The van der Waals surface area contributed by atoms with Crippen molar-refractivity contribution in [3.63, 3.8) is 0 Å². The quantitative estimate of drug-likeness (QED) is 0.434. The van der Waals surface area contributed by atoms with Gasteiger partial charge in [-0.05, 0) is 18.1 Å². The number of amides is 2. The Hall–Kier alpha value is -1.59. The summed E-state index contributed by atoms with van der Waals surface area (Å²) in [6.07, 6.45) is 0. The van der Waals surface area contributed by atoms with Crippen molar-refractivity contribution in [3.8, 4) is 0 Å². The highest BCUT2D eigenvalue weighted by molar-refractivity contribution is 6.33. The highest BCUT2D eigenvalue weighted by atomic mass is 35.5. The summed E-state index contributed by atoms with van der Waals surface area (Å²) >= 11 is 5.91. The second-order valence-electron chi connectivity index (χ2n) is 4.18. The van der Waals surface area contributed by atoms with Gasteiger partial charge >= 0.3 is 0 Å². The van der Waals surface area contributed by atoms with E-state index < -0.39 is 17.9 Å². The van der Waals surface area contributed by atoms with Crippen LogP contribution < -0.4 is 16.6 Å². The molecule has 0 spiro atoms. The van der Waals surface area contributed by atoms with Crippen LogP contribution in [0.25, 0.3) is 0 Å². The Morgan fingerprint density at radius 2 is 1.89 bits per heavy atom. The Balaban J connectivity index is 2.86. The number of nitrogens with one attached hydrogen (secondary N) is 2. The number of benzene rings is 1. The number of carbonyl (C=O) groups is 2. The highest BCUT2D eigenvalue weighted by Crippen LogP contribution is 2.15. The summed E-state index contributed by atoms with van der Waals surface area (Å²) in [5.41, 5.74) is 2.36. The maximum Gasteiger partial charge on any atom is 0.256 e. The summed E-state index contributed by atoms with van der Waals surface area (Å²) in [6.45, 7) is 3.62. The minimum absolute atomic E-state index is 0.0833. The lowest BCUT2D eigenvalue weighted by Gasteiger charge is -2.20. The van der Waals surface area contributed by atoms with E-state index in [0.29, 0.717) is 10.6 Å². The van der Waals surface area contributed by atoms with Crippen LogP contribution in [0.15, 0.2) is 24.3 Å². The van der Waals surface area contributed by atoms with Crippen molar-refractivity contribution in [1.29, 1.82) is 0 Å². The van der Waals surface area contributed by atoms with Crippen LogP contribution in [0.1, 0.15) is 24.2 Å². The van der Waals surface area contributed by atoms with E-state index in [1.54, 1.807) is 24.3 Å². The molecule has 0 saturated heterocycles. The predicted molar refractivity (Wildman–Crippen MR) is 69.9 cm³/mol. The van der Waals surface area contributed by atoms with Gasteiger partial charge in [-0.2, -0.15) is 0 Å². The lowest BCUT2D eigenvalue weighted by Crippen LogP contribution is -2.51. The molecular weight excluding hydrogens is 254 g/mol. The Kier molecular flexibility index (Phi) is 5.12. The molecule has 0 saturated carbocycles. The molecule has 0 aliphatic carbocycles. The largest absolute Gasteiger partial charge is 0.340 e. The highest BCUT2D eigenvalue weighted by Gasteiger charge is 2.24. The molecule has 0 unspecified atom stereocenters. The lowest BCUT2D eigenvalue weighted by atomic mass is 10.0. The van der Waals surface area contributed by atoms with Crippen LogP contribution in [0.5, 0.6) is 0 Å². The predicted octanol–water partition coefficient (Wildman–Crippen LogP) is 1.08. The topological polar surface area (TPSA) is 84.2 Å². The molecule has 0 heterocycles. The average Bonchev–Trinajstić information content (AvgIpc) is 2.35. The van der Waals surface area contributed by atoms with Gasteiger partial charge in [-0.15, -0.1) is 0 Å². The van der Waals surface area contributed by atoms with E-state index in [4.69, 9.17) is 17.4 Å². The SMILES string of the molecule is CC(C)[C@H](NC(=O)c1ccccc1Cl)C(=O)NN. The smallest absolute Gasteiger partial charge is 0.256 e. The van der Waals surface area contributed by atoms with Crippen molar-refractivity contribution in [1.82, 2.24) is 10.7 Å². The molecule has 98 valence electrons. The number of rotatable bonds is 4. The van der Waals surface area contributed by atoms with Crippen LogP contribution in [0.2, 0.25) is 5.02 Å². The lowest BCUT2D eigenvalue weighted by molar-refractivity contribution is -0.124. The van der Waals surface area contributed by atoms with E-state index in [-0.39, 0.29) is 5.92 Å². The second kappa shape index (κ2) is 6.37. The molecule has 0 aliphatic rings. The van der Waals surface area contributed by atoms with Crippen molar-refractivity contribution >= 4 is 23.4 Å². The van der Waals surface area contributed by atoms with E-state index >= 15 is 0 Å². The Morgan fingerprint density at radius 1 is 1.28 bits per heavy atom. The van der Waals surface area contributed by atoms with Crippen molar-refractivity contribution in [2.45, 2.75) is 19.9 Å². The first-order valence-corrected chi connectivity index (χ1v) is 5.91. The summed E-state index contributed by atoms with van der Waals surface area (Å²) in [5.74, 6) is 4.16. The number of carbonyl (C=O) groups excluding carboxylic acids is 2. The number of hydrazine groups is 1. The van der Waals surface area contributed by atoms with Gasteiger partial charge in [0.1, 0.15) is 6.04 Å². The summed E-state index contributed by atoms with van der Waals surface area (Å²) in [4.78, 5) is 23.5. The normalized spacial score (nSPS) is 12.1. The van der Waals surface area contributed by atoms with Gasteiger partial charge in [-0.1, -0.05) is 37.6 Å². The fourth-order valence-electron chi connectivity index (χ4n) is 1.49. The zero-order valence-electron chi connectivity index (χ0n) is 10.2. The zero-order valence-corrected chi connectivity index (χ0v) is 11.0. The van der Waals surface area contributed by atoms with Crippen LogP contribution in [0, 0.1) is 5.92 Å². The van der Waals surface area contributed by atoms with Crippen LogP contribution in [0.4, 0.5) is 0 Å². The molecule has 1 rings (SSSR count). The molecule has 2 amide bonds. The van der Waals surface area contributed by atoms with Crippen molar-refractivity contribution in [2.24, 2.45) is 11.8 Å². The summed E-state index contributed by atoms with van der Waals surface area (Å²) in [7, 11) is 0. The van der Waals surface area contributed by atoms with E-state index in [1.165, 1.54) is 0 Å². The van der Waals surface area contributed by atoms with Gasteiger partial charge in [-0.25, -0.2) is 5.84 Å². The molecule has 1 atom stereocenters. The van der Waals surface area contributed by atoms with Gasteiger partial charge in [0, 0.05) is 0 Å². The minimum atomic E-state index is -0.696. The number of halogens is 1. The van der Waals surface area contributed by atoms with E-state index in [9.17, 15) is 9.59 Å². The van der Waals surface area contributed by atoms with Crippen LogP contribution >= 0.6 is 11.6 Å². The summed E-state index contributed by atoms with van der Waals surface area (Å²) in [5, 5.41) is 2.95. The number of hydrogen-bond donors (Lipinski definition) is 3. The van der Waals surface area contributed by atoms with Crippen LogP contribution in [-0.4, -0.2) is 17.9 Å². The van der Waals surface area contributed by atoms with Crippen molar-refractivity contribution in [3.05, 3.63) is 34.9 Å². The summed E-state index contributed by atoms with van der Waals surface area (Å²) < 4.78 is 0. The Morgan fingerprint density at radius 3 is 2.39 bits per heavy atom. The Labute approximate surface area is 111 Å². The molecule has 6 heteroatoms. The van der Waals surface area contributed by atoms with Crippen LogP contribution in [-0.2, 0) is 4.79 Å². The standard InChI is InChI=1S/C12H16ClN3O2/c1-7(2)10(12(18)16-14)15-11(17)8-5-3-4-6-9(8)13/h3-7,10H,14H2,1-2H3,(H,15,17)(H,16,18)/t10-/m0/s1. The maximum absolute atomic E-state index is 12.0. The third-order valence-corrected chi connectivity index (χ3v) is 2.83. The molecule has 1 aromatic rings. The molecule has 0 fully saturated rings. The van der Waals surface area contributed by atoms with E-state index in [1.807, 2.05) is 19.3 Å². The fraction of sp³-hybridized carbons (Fsp3) is 0.333. The van der Waals surface area contributed by atoms with E-state index in [2.05, 4.69) is 5.32 Å². The minimum Gasteiger partial charge on any atom is -0.340 e. The average molecular weight is 270 g/mol. The maximum atomic E-state index is 12.0. The zero-order chi connectivity index (χ0) is 13.7. The van der Waals surface area contributed by atoms with Gasteiger partial charge in [0.25, 0.3) is 11.8 Å². The van der Waals surface area contributed by atoms with E-state index in [0.717, 1.165) is 0 Å². The Bertz CT molecular complexity index is 449. The number of nitrogens with two attached hydrogens (primary N) is 1. The monoisotopic (exact) mass is 269 g/mol. The molecule has 0 radical (unpaired) electrons. The fourth-order valence-corrected chi connectivity index (χ4v) is 1.71. The molecule has 18 heavy (non-hydrogen) atoms. The van der Waals surface area contributed by atoms with Gasteiger partial charge < -0.3 is 5.32 Å².